The van der Waals surface area contributed by atoms with Crippen LogP contribution in [-0.2, 0) is 24.2 Å². The minimum atomic E-state index is 0.00377. The fraction of sp³-hybridized carbons (Fsp3) is 0.115. The summed E-state index contributed by atoms with van der Waals surface area (Å²) in [5.74, 6) is 0.0111. The predicted octanol–water partition coefficient (Wildman–Crippen LogP) is 5.02. The van der Waals surface area contributed by atoms with Crippen molar-refractivity contribution in [3.63, 3.8) is 0 Å². The van der Waals surface area contributed by atoms with Crippen LogP contribution in [0.5, 0.6) is 0 Å². The van der Waals surface area contributed by atoms with Crippen LogP contribution in [0.1, 0.15) is 11.3 Å². The Balaban J connectivity index is 1.34. The second-order valence-electron chi connectivity index (χ2n) is 8.05. The fourth-order valence-electron chi connectivity index (χ4n) is 4.34. The predicted molar refractivity (Wildman–Crippen MR) is 129 cm³/mol. The second-order valence-corrected chi connectivity index (χ2v) is 8.96. The molecule has 4 heterocycles. The Kier molecular flexibility index (Phi) is 4.40. The zero-order valence-corrected chi connectivity index (χ0v) is 18.0. The van der Waals surface area contributed by atoms with E-state index in [0.717, 1.165) is 49.1 Å². The van der Waals surface area contributed by atoms with Crippen molar-refractivity contribution in [1.82, 2.24) is 9.55 Å². The van der Waals surface area contributed by atoms with Gasteiger partial charge in [0.25, 0.3) is 5.56 Å². The first kappa shape index (κ1) is 19.0. The Labute approximate surface area is 188 Å². The summed E-state index contributed by atoms with van der Waals surface area (Å²) in [5, 5.41) is 6.77. The maximum atomic E-state index is 13.4. The molecular weight excluding hydrogens is 418 g/mol. The summed E-state index contributed by atoms with van der Waals surface area (Å²) < 4.78 is 2.74. The van der Waals surface area contributed by atoms with Crippen LogP contribution >= 0.6 is 11.3 Å². The van der Waals surface area contributed by atoms with Gasteiger partial charge < -0.3 is 9.88 Å². The van der Waals surface area contributed by atoms with Gasteiger partial charge in [-0.1, -0.05) is 36.4 Å². The topological polar surface area (TPSA) is 64.0 Å². The Morgan fingerprint density at radius 3 is 2.88 bits per heavy atom. The van der Waals surface area contributed by atoms with Gasteiger partial charge in [0, 0.05) is 51.6 Å². The number of amides is 1. The lowest BCUT2D eigenvalue weighted by Gasteiger charge is -2.08. The lowest BCUT2D eigenvalue weighted by atomic mass is 10.0. The molecule has 6 heteroatoms. The smallest absolute Gasteiger partial charge is 0.259 e. The van der Waals surface area contributed by atoms with Crippen LogP contribution in [0.25, 0.3) is 32.1 Å². The maximum Gasteiger partial charge on any atom is 0.259 e. The van der Waals surface area contributed by atoms with E-state index in [0.29, 0.717) is 19.4 Å². The summed E-state index contributed by atoms with van der Waals surface area (Å²) in [4.78, 5) is 29.8. The number of nitrogens with zero attached hydrogens (tertiary/aromatic N) is 2. The first-order chi connectivity index (χ1) is 15.7. The molecule has 1 N–H and O–H groups in total. The molecule has 0 spiro atoms. The molecule has 6 rings (SSSR count). The van der Waals surface area contributed by atoms with Crippen molar-refractivity contribution in [2.24, 2.45) is 0 Å². The molecule has 0 bridgehead atoms. The molecule has 32 heavy (non-hydrogen) atoms. The van der Waals surface area contributed by atoms with Crippen molar-refractivity contribution in [2.45, 2.75) is 19.4 Å². The summed E-state index contributed by atoms with van der Waals surface area (Å²) in [6.45, 7) is 0.565. The molecule has 0 fully saturated rings. The van der Waals surface area contributed by atoms with E-state index < -0.39 is 0 Å². The highest BCUT2D eigenvalue weighted by atomic mass is 32.1. The first-order valence-electron chi connectivity index (χ1n) is 10.5. The normalized spacial score (nSPS) is 12.9. The van der Waals surface area contributed by atoms with E-state index in [4.69, 9.17) is 4.98 Å². The highest BCUT2D eigenvalue weighted by molar-refractivity contribution is 7.17. The van der Waals surface area contributed by atoms with Gasteiger partial charge in [-0.2, -0.15) is 0 Å². The standard InChI is InChI=1S/C26H19N3O2S/c30-24-14-18-6-5-17(13-22(18)28-24)20-15-32-23-10-12-29(26(31)25(20)23)11-9-19-8-7-16-3-1-2-4-21(16)27-19/h1-8,10,12-13,15H,9,11,14H2,(H,28,30). The number of fused-ring (bicyclic) bond motifs is 3. The monoisotopic (exact) mass is 437 g/mol. The molecule has 0 saturated heterocycles. The van der Waals surface area contributed by atoms with Gasteiger partial charge in [-0.15, -0.1) is 11.3 Å². The van der Waals surface area contributed by atoms with Gasteiger partial charge in [0.05, 0.1) is 17.3 Å². The van der Waals surface area contributed by atoms with Crippen LogP contribution in [-0.4, -0.2) is 15.5 Å². The van der Waals surface area contributed by atoms with Crippen molar-refractivity contribution >= 4 is 43.9 Å². The number of aryl methyl sites for hydroxylation is 2. The minimum Gasteiger partial charge on any atom is -0.326 e. The SMILES string of the molecule is O=C1Cc2ccc(-c3csc4ccn(CCc5ccc6ccccc6n5)c(=O)c34)cc2N1. The van der Waals surface area contributed by atoms with E-state index in [1.807, 2.05) is 66.2 Å². The number of thiophene rings is 1. The van der Waals surface area contributed by atoms with Crippen molar-refractivity contribution in [3.05, 3.63) is 93.9 Å². The molecule has 0 atom stereocenters. The summed E-state index contributed by atoms with van der Waals surface area (Å²) >= 11 is 1.57. The molecule has 0 unspecified atom stereocenters. The zero-order valence-electron chi connectivity index (χ0n) is 17.2. The van der Waals surface area contributed by atoms with Crippen molar-refractivity contribution in [1.29, 1.82) is 0 Å². The average molecular weight is 438 g/mol. The molecule has 1 aliphatic heterocycles. The van der Waals surface area contributed by atoms with E-state index in [1.165, 1.54) is 0 Å². The van der Waals surface area contributed by atoms with Crippen LogP contribution in [0.15, 0.2) is 77.0 Å². The molecule has 156 valence electrons. The van der Waals surface area contributed by atoms with Crippen LogP contribution in [0.4, 0.5) is 5.69 Å². The van der Waals surface area contributed by atoms with E-state index >= 15 is 0 Å². The molecular formula is C26H19N3O2S. The van der Waals surface area contributed by atoms with Crippen LogP contribution < -0.4 is 10.9 Å². The van der Waals surface area contributed by atoms with E-state index in [-0.39, 0.29) is 11.5 Å². The summed E-state index contributed by atoms with van der Waals surface area (Å²) in [7, 11) is 0. The number of aromatic nitrogens is 2. The fourth-order valence-corrected chi connectivity index (χ4v) is 5.29. The molecule has 1 aliphatic rings. The Morgan fingerprint density at radius 2 is 1.94 bits per heavy atom. The van der Waals surface area contributed by atoms with Gasteiger partial charge in [-0.3, -0.25) is 14.6 Å². The van der Waals surface area contributed by atoms with Crippen LogP contribution in [0.3, 0.4) is 0 Å². The van der Waals surface area contributed by atoms with Crippen molar-refractivity contribution in [3.8, 4) is 11.1 Å². The van der Waals surface area contributed by atoms with Gasteiger partial charge >= 0.3 is 0 Å². The quantitative estimate of drug-likeness (QED) is 0.430. The number of nitrogens with one attached hydrogen (secondary N) is 1. The Bertz CT molecular complexity index is 1580. The van der Waals surface area contributed by atoms with Gasteiger partial charge in [-0.05, 0) is 35.4 Å². The zero-order chi connectivity index (χ0) is 21.7. The van der Waals surface area contributed by atoms with Gasteiger partial charge in [-0.25, -0.2) is 0 Å². The summed E-state index contributed by atoms with van der Waals surface area (Å²) in [6.07, 6.45) is 2.96. The lowest BCUT2D eigenvalue weighted by molar-refractivity contribution is -0.115. The van der Waals surface area contributed by atoms with Gasteiger partial charge in [0.2, 0.25) is 5.91 Å². The van der Waals surface area contributed by atoms with E-state index in [9.17, 15) is 9.59 Å². The number of pyridine rings is 2. The molecule has 5 aromatic rings. The molecule has 2 aromatic carbocycles. The molecule has 1 amide bonds. The second kappa shape index (κ2) is 7.43. The average Bonchev–Trinajstić information content (AvgIpc) is 3.41. The lowest BCUT2D eigenvalue weighted by Crippen LogP contribution is -2.20. The number of carbonyl (C=O) groups excluding carboxylic acids is 1. The number of carbonyl (C=O) groups is 1. The minimum absolute atomic E-state index is 0.00377. The van der Waals surface area contributed by atoms with E-state index in [1.54, 1.807) is 15.9 Å². The van der Waals surface area contributed by atoms with Crippen molar-refractivity contribution < 1.29 is 4.79 Å². The summed E-state index contributed by atoms with van der Waals surface area (Å²) in [6, 6.07) is 20.1. The Morgan fingerprint density at radius 1 is 1.03 bits per heavy atom. The third kappa shape index (κ3) is 3.20. The first-order valence-corrected chi connectivity index (χ1v) is 11.4. The van der Waals surface area contributed by atoms with Crippen LogP contribution in [0, 0.1) is 0 Å². The highest BCUT2D eigenvalue weighted by Crippen LogP contribution is 2.35. The molecule has 0 aliphatic carbocycles. The van der Waals surface area contributed by atoms with Crippen molar-refractivity contribution in [2.75, 3.05) is 5.32 Å². The maximum absolute atomic E-state index is 13.4. The summed E-state index contributed by atoms with van der Waals surface area (Å²) in [5.41, 5.74) is 5.64. The molecule has 0 saturated carbocycles. The number of rotatable bonds is 4. The molecule has 3 aromatic heterocycles. The van der Waals surface area contributed by atoms with E-state index in [2.05, 4.69) is 11.4 Å². The molecule has 5 nitrogen and oxygen atoms in total. The number of hydrogen-bond donors (Lipinski definition) is 1. The number of hydrogen-bond acceptors (Lipinski definition) is 4. The largest absolute Gasteiger partial charge is 0.326 e. The van der Waals surface area contributed by atoms with Gasteiger partial charge in [0.1, 0.15) is 0 Å². The number of para-hydroxylation sites is 1. The van der Waals surface area contributed by atoms with Crippen LogP contribution in [0.2, 0.25) is 0 Å². The molecule has 0 radical (unpaired) electrons. The number of benzene rings is 2. The number of anilines is 1. The van der Waals surface area contributed by atoms with Gasteiger partial charge in [0.15, 0.2) is 0 Å². The third-order valence-electron chi connectivity index (χ3n) is 6.01. The Hall–Kier alpha value is -3.77. The highest BCUT2D eigenvalue weighted by Gasteiger charge is 2.19. The third-order valence-corrected chi connectivity index (χ3v) is 6.96.